The Kier molecular flexibility index (Phi) is 5.37. The Balaban J connectivity index is 1.93. The van der Waals surface area contributed by atoms with Crippen molar-refractivity contribution >= 4 is 11.9 Å². The second-order valence-corrected chi connectivity index (χ2v) is 5.72. The van der Waals surface area contributed by atoms with Crippen molar-refractivity contribution in [3.8, 4) is 0 Å². The van der Waals surface area contributed by atoms with E-state index in [9.17, 15) is 9.59 Å². The highest BCUT2D eigenvalue weighted by Gasteiger charge is 2.31. The minimum Gasteiger partial charge on any atom is -0.481 e. The zero-order chi connectivity index (χ0) is 15.2. The maximum absolute atomic E-state index is 12.6. The lowest BCUT2D eigenvalue weighted by Gasteiger charge is -2.30. The second-order valence-electron chi connectivity index (χ2n) is 5.72. The Labute approximate surface area is 125 Å². The molecule has 4 nitrogen and oxygen atoms in total. The van der Waals surface area contributed by atoms with Crippen molar-refractivity contribution in [1.29, 1.82) is 0 Å². The first kappa shape index (κ1) is 15.5. The molecule has 0 saturated heterocycles. The topological polar surface area (TPSA) is 57.6 Å². The van der Waals surface area contributed by atoms with Gasteiger partial charge in [0.1, 0.15) is 0 Å². The lowest BCUT2D eigenvalue weighted by atomic mass is 9.81. The third kappa shape index (κ3) is 4.06. The molecule has 1 aliphatic carbocycles. The molecule has 1 fully saturated rings. The van der Waals surface area contributed by atoms with E-state index in [4.69, 9.17) is 5.11 Å². The van der Waals surface area contributed by atoms with Crippen LogP contribution in [-0.2, 0) is 16.1 Å². The predicted molar refractivity (Wildman–Crippen MR) is 80.6 cm³/mol. The Morgan fingerprint density at radius 2 is 1.67 bits per heavy atom. The number of carboxylic acids is 1. The van der Waals surface area contributed by atoms with Crippen LogP contribution in [0.25, 0.3) is 0 Å². The lowest BCUT2D eigenvalue weighted by molar-refractivity contribution is -0.145. The number of rotatable bonds is 5. The molecule has 0 heterocycles. The largest absolute Gasteiger partial charge is 0.481 e. The Morgan fingerprint density at radius 3 is 2.19 bits per heavy atom. The monoisotopic (exact) mass is 289 g/mol. The number of carbonyl (C=O) groups excluding carboxylic acids is 1. The van der Waals surface area contributed by atoms with Gasteiger partial charge in [0, 0.05) is 19.0 Å². The summed E-state index contributed by atoms with van der Waals surface area (Å²) < 4.78 is 0. The molecule has 0 unspecified atom stereocenters. The molecule has 0 aromatic heterocycles. The Hall–Kier alpha value is -1.84. The normalized spacial score (nSPS) is 21.8. The molecule has 1 saturated carbocycles. The van der Waals surface area contributed by atoms with E-state index in [0.717, 1.165) is 5.56 Å². The molecule has 0 spiro atoms. The van der Waals surface area contributed by atoms with Crippen molar-refractivity contribution < 1.29 is 14.7 Å². The van der Waals surface area contributed by atoms with E-state index < -0.39 is 5.97 Å². The molecule has 0 radical (unpaired) electrons. The van der Waals surface area contributed by atoms with Gasteiger partial charge in [0.15, 0.2) is 0 Å². The number of amides is 1. The fourth-order valence-corrected chi connectivity index (χ4v) is 2.99. The van der Waals surface area contributed by atoms with Crippen LogP contribution in [0.4, 0.5) is 0 Å². The number of hydrogen-bond acceptors (Lipinski definition) is 2. The fraction of sp³-hybridized carbons (Fsp3) is 0.529. The summed E-state index contributed by atoms with van der Waals surface area (Å²) in [4.78, 5) is 25.4. The molecular weight excluding hydrogens is 266 g/mol. The first-order valence-corrected chi connectivity index (χ1v) is 7.67. The molecule has 114 valence electrons. The van der Waals surface area contributed by atoms with Gasteiger partial charge in [0.05, 0.1) is 5.92 Å². The second kappa shape index (κ2) is 7.25. The third-order valence-electron chi connectivity index (χ3n) is 4.34. The molecule has 1 aromatic carbocycles. The molecule has 0 atom stereocenters. The third-order valence-corrected chi connectivity index (χ3v) is 4.34. The summed E-state index contributed by atoms with van der Waals surface area (Å²) in [5.74, 6) is -0.828. The summed E-state index contributed by atoms with van der Waals surface area (Å²) in [7, 11) is 0. The van der Waals surface area contributed by atoms with Crippen LogP contribution in [0, 0.1) is 11.8 Å². The van der Waals surface area contributed by atoms with Crippen LogP contribution in [0.1, 0.15) is 38.2 Å². The maximum Gasteiger partial charge on any atom is 0.306 e. The standard InChI is InChI=1S/C17H23NO3/c1-2-18(12-13-6-4-3-5-7-13)16(19)14-8-10-15(11-9-14)17(20)21/h3-7,14-15H,2,8-12H2,1H3,(H,20,21). The zero-order valence-electron chi connectivity index (χ0n) is 12.5. The number of hydrogen-bond donors (Lipinski definition) is 1. The average Bonchev–Trinajstić information content (AvgIpc) is 2.53. The molecule has 1 N–H and O–H groups in total. The van der Waals surface area contributed by atoms with E-state index in [0.29, 0.717) is 38.8 Å². The first-order chi connectivity index (χ1) is 10.1. The minimum absolute atomic E-state index is 0.00994. The van der Waals surface area contributed by atoms with Gasteiger partial charge in [-0.2, -0.15) is 0 Å². The summed E-state index contributed by atoms with van der Waals surface area (Å²) >= 11 is 0. The molecule has 2 rings (SSSR count). The van der Waals surface area contributed by atoms with Gasteiger partial charge < -0.3 is 10.0 Å². The smallest absolute Gasteiger partial charge is 0.306 e. The lowest BCUT2D eigenvalue weighted by Crippen LogP contribution is -2.37. The highest BCUT2D eigenvalue weighted by molar-refractivity contribution is 5.79. The number of nitrogens with zero attached hydrogens (tertiary/aromatic N) is 1. The summed E-state index contributed by atoms with van der Waals surface area (Å²) in [6.45, 7) is 3.31. The van der Waals surface area contributed by atoms with Gasteiger partial charge >= 0.3 is 5.97 Å². The van der Waals surface area contributed by atoms with E-state index in [1.54, 1.807) is 0 Å². The molecule has 0 aliphatic heterocycles. The van der Waals surface area contributed by atoms with Crippen LogP contribution in [0.5, 0.6) is 0 Å². The van der Waals surface area contributed by atoms with E-state index in [1.807, 2.05) is 42.2 Å². The van der Waals surface area contributed by atoms with Crippen LogP contribution in [0.3, 0.4) is 0 Å². The molecule has 1 amide bonds. The molecule has 1 aromatic rings. The Bertz CT molecular complexity index is 478. The first-order valence-electron chi connectivity index (χ1n) is 7.67. The minimum atomic E-state index is -0.725. The van der Waals surface area contributed by atoms with Crippen LogP contribution in [0.15, 0.2) is 30.3 Å². The SMILES string of the molecule is CCN(Cc1ccccc1)C(=O)C1CCC(C(=O)O)CC1. The maximum atomic E-state index is 12.6. The highest BCUT2D eigenvalue weighted by atomic mass is 16.4. The molecule has 21 heavy (non-hydrogen) atoms. The summed E-state index contributed by atoms with van der Waals surface area (Å²) in [6, 6.07) is 9.97. The predicted octanol–water partition coefficient (Wildman–Crippen LogP) is 2.93. The van der Waals surface area contributed by atoms with Crippen molar-refractivity contribution in [3.63, 3.8) is 0 Å². The van der Waals surface area contributed by atoms with Gasteiger partial charge in [-0.05, 0) is 38.2 Å². The van der Waals surface area contributed by atoms with Crippen molar-refractivity contribution in [2.75, 3.05) is 6.54 Å². The van der Waals surface area contributed by atoms with Crippen molar-refractivity contribution in [2.24, 2.45) is 11.8 Å². The number of carboxylic acid groups (broad SMARTS) is 1. The van der Waals surface area contributed by atoms with Gasteiger partial charge in [-0.1, -0.05) is 30.3 Å². The molecule has 4 heteroatoms. The molecule has 0 bridgehead atoms. The summed E-state index contributed by atoms with van der Waals surface area (Å²) in [5.41, 5.74) is 1.13. The molecular formula is C17H23NO3. The van der Waals surface area contributed by atoms with E-state index in [-0.39, 0.29) is 17.7 Å². The van der Waals surface area contributed by atoms with Crippen LogP contribution < -0.4 is 0 Å². The van der Waals surface area contributed by atoms with Gasteiger partial charge in [0.2, 0.25) is 5.91 Å². The van der Waals surface area contributed by atoms with Crippen LogP contribution in [0.2, 0.25) is 0 Å². The number of benzene rings is 1. The van der Waals surface area contributed by atoms with Crippen molar-refractivity contribution in [1.82, 2.24) is 4.90 Å². The zero-order valence-corrected chi connectivity index (χ0v) is 12.5. The van der Waals surface area contributed by atoms with Gasteiger partial charge in [-0.3, -0.25) is 9.59 Å². The van der Waals surface area contributed by atoms with Crippen LogP contribution in [-0.4, -0.2) is 28.4 Å². The number of aliphatic carboxylic acids is 1. The van der Waals surface area contributed by atoms with Gasteiger partial charge in [-0.25, -0.2) is 0 Å². The van der Waals surface area contributed by atoms with Crippen LogP contribution >= 0.6 is 0 Å². The van der Waals surface area contributed by atoms with E-state index >= 15 is 0 Å². The average molecular weight is 289 g/mol. The van der Waals surface area contributed by atoms with Crippen molar-refractivity contribution in [3.05, 3.63) is 35.9 Å². The van der Waals surface area contributed by atoms with E-state index in [1.165, 1.54) is 0 Å². The van der Waals surface area contributed by atoms with E-state index in [2.05, 4.69) is 0 Å². The summed E-state index contributed by atoms with van der Waals surface area (Å²) in [5, 5.41) is 9.02. The fourth-order valence-electron chi connectivity index (χ4n) is 2.99. The summed E-state index contributed by atoms with van der Waals surface area (Å²) in [6.07, 6.45) is 2.63. The van der Waals surface area contributed by atoms with Gasteiger partial charge in [0.25, 0.3) is 0 Å². The highest BCUT2D eigenvalue weighted by Crippen LogP contribution is 2.30. The Morgan fingerprint density at radius 1 is 1.10 bits per heavy atom. The van der Waals surface area contributed by atoms with Crippen molar-refractivity contribution in [2.45, 2.75) is 39.2 Å². The van der Waals surface area contributed by atoms with Gasteiger partial charge in [-0.15, -0.1) is 0 Å². The quantitative estimate of drug-likeness (QED) is 0.906. The molecule has 1 aliphatic rings. The number of carbonyl (C=O) groups is 2.